The number of rotatable bonds is 7. The van der Waals surface area contributed by atoms with Crippen LogP contribution in [0, 0.1) is 0 Å². The van der Waals surface area contributed by atoms with Crippen LogP contribution in [0.5, 0.6) is 5.75 Å². The molecule has 186 valence electrons. The zero-order valence-electron chi connectivity index (χ0n) is 19.3. The minimum Gasteiger partial charge on any atom is -0.489 e. The molecule has 4 aromatic rings. The van der Waals surface area contributed by atoms with Crippen LogP contribution in [0.1, 0.15) is 36.6 Å². The van der Waals surface area contributed by atoms with E-state index in [9.17, 15) is 14.4 Å². The average Bonchev–Trinajstić information content (AvgIpc) is 2.90. The molecule has 0 unspecified atom stereocenters. The highest BCUT2D eigenvalue weighted by Crippen LogP contribution is 2.20. The first kappa shape index (κ1) is 25.8. The second-order valence-electron chi connectivity index (χ2n) is 7.90. The Hall–Kier alpha value is -4.33. The van der Waals surface area contributed by atoms with E-state index in [4.69, 9.17) is 27.9 Å². The lowest BCUT2D eigenvalue weighted by Crippen LogP contribution is -2.41. The van der Waals surface area contributed by atoms with Crippen LogP contribution in [0.3, 0.4) is 0 Å². The molecular formula is C28H21Cl2N3O4. The molecule has 0 aliphatic carbocycles. The van der Waals surface area contributed by atoms with E-state index in [1.54, 1.807) is 36.4 Å². The number of hydrazine groups is 1. The van der Waals surface area contributed by atoms with Crippen molar-refractivity contribution >= 4 is 46.6 Å². The third kappa shape index (κ3) is 7.33. The molecule has 4 rings (SSSR count). The number of halogens is 2. The molecule has 0 aliphatic heterocycles. The highest BCUT2D eigenvalue weighted by molar-refractivity contribution is 6.35. The summed E-state index contributed by atoms with van der Waals surface area (Å²) in [5.74, 6) is -1.01. The van der Waals surface area contributed by atoms with E-state index in [0.717, 1.165) is 5.56 Å². The van der Waals surface area contributed by atoms with Crippen LogP contribution in [0.25, 0.3) is 0 Å². The summed E-state index contributed by atoms with van der Waals surface area (Å²) < 4.78 is 5.81. The first-order chi connectivity index (χ1) is 17.9. The molecule has 0 fully saturated rings. The largest absolute Gasteiger partial charge is 0.489 e. The molecular weight excluding hydrogens is 513 g/mol. The number of amides is 3. The van der Waals surface area contributed by atoms with Gasteiger partial charge in [0.25, 0.3) is 17.7 Å². The summed E-state index contributed by atoms with van der Waals surface area (Å²) in [7, 11) is 0. The van der Waals surface area contributed by atoms with Gasteiger partial charge in [-0.25, -0.2) is 0 Å². The van der Waals surface area contributed by atoms with Gasteiger partial charge in [-0.3, -0.25) is 25.2 Å². The minimum atomic E-state index is -0.604. The number of carbonyl (C=O) groups excluding carboxylic acids is 3. The Morgan fingerprint density at radius 3 is 1.95 bits per heavy atom. The van der Waals surface area contributed by atoms with Crippen molar-refractivity contribution in [1.82, 2.24) is 10.9 Å². The van der Waals surface area contributed by atoms with Crippen LogP contribution in [0.2, 0.25) is 10.0 Å². The maximum Gasteiger partial charge on any atom is 0.269 e. The van der Waals surface area contributed by atoms with E-state index in [0.29, 0.717) is 18.0 Å². The van der Waals surface area contributed by atoms with Crippen molar-refractivity contribution in [2.24, 2.45) is 0 Å². The summed E-state index contributed by atoms with van der Waals surface area (Å²) >= 11 is 11.8. The Bertz CT molecular complexity index is 1420. The average molecular weight is 534 g/mol. The van der Waals surface area contributed by atoms with Gasteiger partial charge in [0.2, 0.25) is 0 Å². The number of ether oxygens (including phenoxy) is 1. The predicted octanol–water partition coefficient (Wildman–Crippen LogP) is 5.90. The van der Waals surface area contributed by atoms with Crippen molar-refractivity contribution in [2.75, 3.05) is 5.32 Å². The fourth-order valence-corrected chi connectivity index (χ4v) is 3.88. The fraction of sp³-hybridized carbons (Fsp3) is 0.0357. The maximum absolute atomic E-state index is 12.8. The fourth-order valence-electron chi connectivity index (χ4n) is 3.35. The zero-order chi connectivity index (χ0) is 26.2. The van der Waals surface area contributed by atoms with Gasteiger partial charge in [-0.05, 0) is 54.1 Å². The molecule has 0 saturated carbocycles. The Kier molecular flexibility index (Phi) is 8.40. The van der Waals surface area contributed by atoms with Gasteiger partial charge in [-0.15, -0.1) is 0 Å². The SMILES string of the molecule is O=C(NNC(=O)c1cccc(C(=O)Nc2cccc(OCc3ccccc3)c2)c1)c1cc(Cl)cc(Cl)c1. The van der Waals surface area contributed by atoms with Crippen LogP contribution >= 0.6 is 23.2 Å². The van der Waals surface area contributed by atoms with Gasteiger partial charge in [0.05, 0.1) is 0 Å². The number of hydrogen-bond donors (Lipinski definition) is 3. The second-order valence-corrected chi connectivity index (χ2v) is 8.78. The molecule has 7 nitrogen and oxygen atoms in total. The van der Waals surface area contributed by atoms with E-state index in [1.165, 1.54) is 30.3 Å². The van der Waals surface area contributed by atoms with E-state index in [2.05, 4.69) is 16.2 Å². The molecule has 4 aromatic carbocycles. The Labute approximate surface area is 223 Å². The van der Waals surface area contributed by atoms with E-state index >= 15 is 0 Å². The number of hydrogen-bond acceptors (Lipinski definition) is 4. The summed E-state index contributed by atoms with van der Waals surface area (Å²) in [4.78, 5) is 37.7. The first-order valence-corrected chi connectivity index (χ1v) is 11.9. The number of carbonyl (C=O) groups is 3. The predicted molar refractivity (Wildman–Crippen MR) is 143 cm³/mol. The Morgan fingerprint density at radius 1 is 0.622 bits per heavy atom. The first-order valence-electron chi connectivity index (χ1n) is 11.1. The lowest BCUT2D eigenvalue weighted by atomic mass is 10.1. The molecule has 3 amide bonds. The van der Waals surface area contributed by atoms with Gasteiger partial charge in [-0.2, -0.15) is 0 Å². The van der Waals surface area contributed by atoms with E-state index in [-0.39, 0.29) is 26.7 Å². The van der Waals surface area contributed by atoms with Gasteiger partial charge in [0, 0.05) is 38.5 Å². The third-order valence-electron chi connectivity index (χ3n) is 5.14. The van der Waals surface area contributed by atoms with Crippen LogP contribution < -0.4 is 20.9 Å². The molecule has 3 N–H and O–H groups in total. The molecule has 9 heteroatoms. The quantitative estimate of drug-likeness (QED) is 0.257. The van der Waals surface area contributed by atoms with Gasteiger partial charge >= 0.3 is 0 Å². The summed E-state index contributed by atoms with van der Waals surface area (Å²) in [6.07, 6.45) is 0. The minimum absolute atomic E-state index is 0.178. The molecule has 0 heterocycles. The number of benzene rings is 4. The van der Waals surface area contributed by atoms with Crippen molar-refractivity contribution in [3.8, 4) is 5.75 Å². The topological polar surface area (TPSA) is 96.5 Å². The Morgan fingerprint density at radius 2 is 1.24 bits per heavy atom. The molecule has 0 radical (unpaired) electrons. The van der Waals surface area contributed by atoms with Crippen LogP contribution in [-0.4, -0.2) is 17.7 Å². The van der Waals surface area contributed by atoms with E-state index < -0.39 is 17.7 Å². The molecule has 0 atom stereocenters. The van der Waals surface area contributed by atoms with Crippen molar-refractivity contribution in [1.29, 1.82) is 0 Å². The maximum atomic E-state index is 12.8. The zero-order valence-corrected chi connectivity index (χ0v) is 20.8. The molecule has 0 aromatic heterocycles. The van der Waals surface area contributed by atoms with Gasteiger partial charge in [0.1, 0.15) is 12.4 Å². The monoisotopic (exact) mass is 533 g/mol. The summed E-state index contributed by atoms with van der Waals surface area (Å²) in [5, 5.41) is 3.38. The van der Waals surface area contributed by atoms with E-state index in [1.807, 2.05) is 30.3 Å². The molecule has 0 spiro atoms. The van der Waals surface area contributed by atoms with Crippen molar-refractivity contribution < 1.29 is 19.1 Å². The highest BCUT2D eigenvalue weighted by atomic mass is 35.5. The van der Waals surface area contributed by atoms with Crippen molar-refractivity contribution in [3.05, 3.63) is 129 Å². The molecule has 0 saturated heterocycles. The summed E-state index contributed by atoms with van der Waals surface area (Å²) in [5.41, 5.74) is 6.80. The summed E-state index contributed by atoms with van der Waals surface area (Å²) in [6.45, 7) is 0.399. The normalized spacial score (nSPS) is 10.3. The standard InChI is InChI=1S/C28H21Cl2N3O4/c29-22-13-21(14-23(30)15-22)28(36)33-32-27(35)20-9-4-8-19(12-20)26(34)31-24-10-5-11-25(16-24)37-17-18-6-2-1-3-7-18/h1-16H,17H2,(H,31,34)(H,32,35)(H,33,36). The summed E-state index contributed by atoms with van der Waals surface area (Å²) in [6, 6.07) is 27.2. The molecule has 0 bridgehead atoms. The van der Waals surface area contributed by atoms with Crippen LogP contribution in [0.15, 0.2) is 97.1 Å². The Balaban J connectivity index is 1.36. The van der Waals surface area contributed by atoms with Gasteiger partial charge in [0.15, 0.2) is 0 Å². The molecule has 37 heavy (non-hydrogen) atoms. The van der Waals surface area contributed by atoms with Crippen molar-refractivity contribution in [3.63, 3.8) is 0 Å². The second kappa shape index (κ2) is 12.1. The lowest BCUT2D eigenvalue weighted by molar-refractivity contribution is 0.0846. The number of anilines is 1. The van der Waals surface area contributed by atoms with Crippen molar-refractivity contribution in [2.45, 2.75) is 6.61 Å². The lowest BCUT2D eigenvalue weighted by Gasteiger charge is -2.11. The van der Waals surface area contributed by atoms with Gasteiger partial charge in [-0.1, -0.05) is 65.7 Å². The molecule has 0 aliphatic rings. The smallest absolute Gasteiger partial charge is 0.269 e. The van der Waals surface area contributed by atoms with Crippen LogP contribution in [-0.2, 0) is 6.61 Å². The third-order valence-corrected chi connectivity index (χ3v) is 5.58. The number of nitrogens with one attached hydrogen (secondary N) is 3. The van der Waals surface area contributed by atoms with Crippen LogP contribution in [0.4, 0.5) is 5.69 Å². The van der Waals surface area contributed by atoms with Gasteiger partial charge < -0.3 is 10.1 Å². The highest BCUT2D eigenvalue weighted by Gasteiger charge is 2.13.